The van der Waals surface area contributed by atoms with E-state index < -0.39 is 0 Å². The van der Waals surface area contributed by atoms with E-state index >= 15 is 0 Å². The fourth-order valence-corrected chi connectivity index (χ4v) is 1.69. The largest absolute Gasteiger partial charge is 0.370 e. The van der Waals surface area contributed by atoms with Gasteiger partial charge in [-0.3, -0.25) is 4.68 Å². The average molecular weight is 195 g/mol. The number of anilines is 1. The van der Waals surface area contributed by atoms with Crippen LogP contribution in [0, 0.1) is 0 Å². The summed E-state index contributed by atoms with van der Waals surface area (Å²) >= 11 is 1.19. The molecule has 13 heavy (non-hydrogen) atoms. The van der Waals surface area contributed by atoms with Crippen LogP contribution in [0.25, 0.3) is 11.4 Å². The smallest absolute Gasteiger partial charge is 0.169 e. The predicted octanol–water partition coefficient (Wildman–Crippen LogP) is 0.980. The summed E-state index contributed by atoms with van der Waals surface area (Å²) in [4.78, 5) is 0. The number of aromatic nitrogens is 4. The van der Waals surface area contributed by atoms with Gasteiger partial charge in [0.25, 0.3) is 0 Å². The monoisotopic (exact) mass is 195 g/mol. The summed E-state index contributed by atoms with van der Waals surface area (Å²) in [6, 6.07) is 1.91. The van der Waals surface area contributed by atoms with E-state index in [0.717, 1.165) is 17.2 Å². The molecule has 2 heterocycles. The molecule has 0 atom stereocenters. The molecule has 0 saturated heterocycles. The molecule has 2 aromatic heterocycles. The average Bonchev–Trinajstić information content (AvgIpc) is 2.71. The lowest BCUT2D eigenvalue weighted by Gasteiger charge is -1.99. The van der Waals surface area contributed by atoms with Gasteiger partial charge in [-0.1, -0.05) is 0 Å². The van der Waals surface area contributed by atoms with E-state index in [1.54, 1.807) is 10.9 Å². The number of nitrogens with zero attached hydrogens (tertiary/aromatic N) is 4. The topological polar surface area (TPSA) is 55.6 Å². The first kappa shape index (κ1) is 8.18. The number of rotatable bonds is 2. The zero-order valence-corrected chi connectivity index (χ0v) is 8.17. The molecule has 0 aliphatic heterocycles. The van der Waals surface area contributed by atoms with Gasteiger partial charge in [0.05, 0.1) is 17.4 Å². The highest BCUT2D eigenvalue weighted by Gasteiger charge is 2.11. The molecule has 0 aromatic carbocycles. The van der Waals surface area contributed by atoms with Gasteiger partial charge >= 0.3 is 0 Å². The molecule has 0 fully saturated rings. The summed E-state index contributed by atoms with van der Waals surface area (Å²) in [6.45, 7) is 0. The molecule has 0 amide bonds. The van der Waals surface area contributed by atoms with E-state index in [1.165, 1.54) is 11.7 Å². The van der Waals surface area contributed by atoms with Gasteiger partial charge in [0.1, 0.15) is 5.69 Å². The highest BCUT2D eigenvalue weighted by molar-refractivity contribution is 6.99. The summed E-state index contributed by atoms with van der Waals surface area (Å²) in [5, 5.41) is 7.06. The molecular weight excluding hydrogens is 186 g/mol. The van der Waals surface area contributed by atoms with E-state index in [9.17, 15) is 0 Å². The van der Waals surface area contributed by atoms with Gasteiger partial charge in [0.15, 0.2) is 5.82 Å². The summed E-state index contributed by atoms with van der Waals surface area (Å²) in [7, 11) is 3.71. The summed E-state index contributed by atoms with van der Waals surface area (Å²) in [5.41, 5.74) is 1.82. The number of hydrogen-bond acceptors (Lipinski definition) is 5. The van der Waals surface area contributed by atoms with Crippen molar-refractivity contribution in [2.24, 2.45) is 7.05 Å². The van der Waals surface area contributed by atoms with Crippen LogP contribution >= 0.6 is 11.7 Å². The van der Waals surface area contributed by atoms with Crippen molar-refractivity contribution in [3.63, 3.8) is 0 Å². The molecule has 6 heteroatoms. The third-order valence-electron chi connectivity index (χ3n) is 1.79. The van der Waals surface area contributed by atoms with Gasteiger partial charge < -0.3 is 5.32 Å². The molecule has 2 rings (SSSR count). The Labute approximate surface area is 79.7 Å². The molecule has 0 saturated carbocycles. The lowest BCUT2D eigenvalue weighted by Crippen LogP contribution is -1.96. The highest BCUT2D eigenvalue weighted by Crippen LogP contribution is 2.24. The Morgan fingerprint density at radius 3 is 2.92 bits per heavy atom. The SMILES string of the molecule is CNc1nsnc1-c1ccnn1C. The predicted molar refractivity (Wildman–Crippen MR) is 51.7 cm³/mol. The van der Waals surface area contributed by atoms with Crippen molar-refractivity contribution in [2.45, 2.75) is 0 Å². The van der Waals surface area contributed by atoms with Gasteiger partial charge in [-0.15, -0.1) is 0 Å². The normalized spacial score (nSPS) is 10.3. The van der Waals surface area contributed by atoms with Crippen LogP contribution in [-0.4, -0.2) is 25.6 Å². The van der Waals surface area contributed by atoms with E-state index in [0.29, 0.717) is 0 Å². The lowest BCUT2D eigenvalue weighted by molar-refractivity contribution is 0.774. The Balaban J connectivity index is 2.52. The minimum Gasteiger partial charge on any atom is -0.370 e. The first-order valence-electron chi connectivity index (χ1n) is 3.81. The third-order valence-corrected chi connectivity index (χ3v) is 2.32. The molecular formula is C7H9N5S. The molecule has 5 nitrogen and oxygen atoms in total. The van der Waals surface area contributed by atoms with Gasteiger partial charge in [-0.2, -0.15) is 13.8 Å². The van der Waals surface area contributed by atoms with Crippen molar-refractivity contribution >= 4 is 17.5 Å². The molecule has 0 aliphatic carbocycles. The minimum absolute atomic E-state index is 0.800. The maximum absolute atomic E-state index is 4.20. The van der Waals surface area contributed by atoms with Gasteiger partial charge in [-0.05, 0) is 6.07 Å². The molecule has 0 unspecified atom stereocenters. The van der Waals surface area contributed by atoms with Gasteiger partial charge in [0, 0.05) is 20.3 Å². The van der Waals surface area contributed by atoms with Crippen molar-refractivity contribution < 1.29 is 0 Å². The minimum atomic E-state index is 0.800. The molecule has 2 aromatic rings. The number of aryl methyl sites for hydroxylation is 1. The summed E-state index contributed by atoms with van der Waals surface area (Å²) in [6.07, 6.45) is 1.74. The fourth-order valence-electron chi connectivity index (χ4n) is 1.13. The van der Waals surface area contributed by atoms with Crippen molar-refractivity contribution in [2.75, 3.05) is 12.4 Å². The third kappa shape index (κ3) is 1.29. The molecule has 68 valence electrons. The van der Waals surface area contributed by atoms with Crippen LogP contribution in [0.4, 0.5) is 5.82 Å². The Kier molecular flexibility index (Phi) is 1.97. The second-order valence-corrected chi connectivity index (χ2v) is 3.08. The summed E-state index contributed by atoms with van der Waals surface area (Å²) in [5.74, 6) is 0.800. The maximum atomic E-state index is 4.20. The Bertz CT molecular complexity index is 404. The van der Waals surface area contributed by atoms with Crippen LogP contribution < -0.4 is 5.32 Å². The van der Waals surface area contributed by atoms with Crippen LogP contribution in [0.1, 0.15) is 0 Å². The molecule has 0 spiro atoms. The highest BCUT2D eigenvalue weighted by atomic mass is 32.1. The Morgan fingerprint density at radius 1 is 1.46 bits per heavy atom. The zero-order chi connectivity index (χ0) is 9.26. The zero-order valence-electron chi connectivity index (χ0n) is 7.35. The standard InChI is InChI=1S/C7H9N5S/c1-8-7-6(10-13-11-7)5-3-4-9-12(5)2/h3-4H,1-2H3,(H,8,11). The maximum Gasteiger partial charge on any atom is 0.169 e. The fraction of sp³-hybridized carbons (Fsp3) is 0.286. The number of nitrogens with one attached hydrogen (secondary N) is 1. The van der Waals surface area contributed by atoms with Crippen molar-refractivity contribution in [3.8, 4) is 11.4 Å². The van der Waals surface area contributed by atoms with Crippen LogP contribution in [0.2, 0.25) is 0 Å². The van der Waals surface area contributed by atoms with Crippen LogP contribution in [0.3, 0.4) is 0 Å². The molecule has 0 aliphatic rings. The second kappa shape index (κ2) is 3.14. The van der Waals surface area contributed by atoms with Gasteiger partial charge in [0.2, 0.25) is 0 Å². The molecule has 0 bridgehead atoms. The lowest BCUT2D eigenvalue weighted by atomic mass is 10.3. The number of hydrogen-bond donors (Lipinski definition) is 1. The van der Waals surface area contributed by atoms with Crippen molar-refractivity contribution in [1.82, 2.24) is 18.5 Å². The Morgan fingerprint density at radius 2 is 2.31 bits per heavy atom. The molecule has 0 radical (unpaired) electrons. The molecule has 1 N–H and O–H groups in total. The first-order valence-corrected chi connectivity index (χ1v) is 4.54. The quantitative estimate of drug-likeness (QED) is 0.776. The second-order valence-electron chi connectivity index (χ2n) is 2.55. The van der Waals surface area contributed by atoms with Crippen molar-refractivity contribution in [3.05, 3.63) is 12.3 Å². The Hall–Kier alpha value is -1.43. The van der Waals surface area contributed by atoms with E-state index in [2.05, 4.69) is 19.2 Å². The van der Waals surface area contributed by atoms with E-state index in [-0.39, 0.29) is 0 Å². The van der Waals surface area contributed by atoms with Crippen LogP contribution in [0.5, 0.6) is 0 Å². The van der Waals surface area contributed by atoms with E-state index in [4.69, 9.17) is 0 Å². The first-order chi connectivity index (χ1) is 6.33. The van der Waals surface area contributed by atoms with E-state index in [1.807, 2.05) is 20.2 Å². The summed E-state index contributed by atoms with van der Waals surface area (Å²) < 4.78 is 10.1. The van der Waals surface area contributed by atoms with Crippen molar-refractivity contribution in [1.29, 1.82) is 0 Å². The van der Waals surface area contributed by atoms with Crippen LogP contribution in [0.15, 0.2) is 12.3 Å². The van der Waals surface area contributed by atoms with Crippen LogP contribution in [-0.2, 0) is 7.05 Å². The van der Waals surface area contributed by atoms with Gasteiger partial charge in [-0.25, -0.2) is 0 Å².